The smallest absolute Gasteiger partial charge is 0.281 e. The van der Waals surface area contributed by atoms with Crippen LogP contribution in [0.2, 0.25) is 0 Å². The second-order valence-corrected chi connectivity index (χ2v) is 4.44. The molecule has 0 bridgehead atoms. The summed E-state index contributed by atoms with van der Waals surface area (Å²) in [6.45, 7) is 1.85. The summed E-state index contributed by atoms with van der Waals surface area (Å²) < 4.78 is 2.38. The van der Waals surface area contributed by atoms with E-state index in [9.17, 15) is 9.59 Å². The van der Waals surface area contributed by atoms with Gasteiger partial charge in [0, 0.05) is 20.2 Å². The maximum Gasteiger partial charge on any atom is 0.332 e. The fourth-order valence-electron chi connectivity index (χ4n) is 1.73. The van der Waals surface area contributed by atoms with E-state index in [1.54, 1.807) is 7.05 Å². The highest BCUT2D eigenvalue weighted by Crippen LogP contribution is 2.03. The molecule has 1 N–H and O–H groups in total. The third-order valence-electron chi connectivity index (χ3n) is 3.06. The molecule has 0 spiro atoms. The number of aromatic nitrogens is 2. The van der Waals surface area contributed by atoms with Gasteiger partial charge in [-0.3, -0.25) is 19.4 Å². The summed E-state index contributed by atoms with van der Waals surface area (Å²) in [6.07, 6.45) is 0. The first kappa shape index (κ1) is 13.8. The predicted molar refractivity (Wildman–Crippen MR) is 79.2 cm³/mol. The molecule has 1 aromatic carbocycles. The zero-order valence-electron chi connectivity index (χ0n) is 11.6. The number of hydrogen-bond acceptors (Lipinski definition) is 4. The van der Waals surface area contributed by atoms with E-state index in [4.69, 9.17) is 0 Å². The molecular weight excluding hydrogens is 256 g/mol. The molecule has 0 fully saturated rings. The van der Waals surface area contributed by atoms with Crippen LogP contribution in [0.1, 0.15) is 12.5 Å². The normalized spacial score (nSPS) is 11.4. The van der Waals surface area contributed by atoms with Crippen LogP contribution in [0.5, 0.6) is 0 Å². The van der Waals surface area contributed by atoms with Crippen molar-refractivity contribution in [1.82, 2.24) is 9.13 Å². The maximum atomic E-state index is 11.8. The lowest BCUT2D eigenvalue weighted by atomic mass is 10.1. The third-order valence-corrected chi connectivity index (χ3v) is 3.06. The van der Waals surface area contributed by atoms with Crippen molar-refractivity contribution in [1.29, 1.82) is 0 Å². The number of nitrogens with one attached hydrogen (secondary N) is 1. The van der Waals surface area contributed by atoms with Crippen LogP contribution in [0.15, 0.2) is 51.1 Å². The average Bonchev–Trinajstić information content (AvgIpc) is 2.48. The molecule has 0 aliphatic heterocycles. The van der Waals surface area contributed by atoms with Crippen molar-refractivity contribution in [2.24, 2.45) is 19.2 Å². The fraction of sp³-hybridized carbons (Fsp3) is 0.214. The van der Waals surface area contributed by atoms with E-state index in [0.29, 0.717) is 5.82 Å². The summed E-state index contributed by atoms with van der Waals surface area (Å²) >= 11 is 0. The molecule has 0 atom stereocenters. The summed E-state index contributed by atoms with van der Waals surface area (Å²) in [4.78, 5) is 23.4. The Balaban J connectivity index is 2.33. The average molecular weight is 272 g/mol. The molecule has 2 rings (SSSR count). The van der Waals surface area contributed by atoms with Crippen LogP contribution in [-0.2, 0) is 14.1 Å². The molecule has 0 aliphatic carbocycles. The van der Waals surface area contributed by atoms with Crippen LogP contribution >= 0.6 is 0 Å². The van der Waals surface area contributed by atoms with E-state index in [1.165, 1.54) is 17.7 Å². The third kappa shape index (κ3) is 2.69. The summed E-state index contributed by atoms with van der Waals surface area (Å²) in [7, 11) is 3.02. The molecule has 20 heavy (non-hydrogen) atoms. The molecule has 0 saturated carbocycles. The second-order valence-electron chi connectivity index (χ2n) is 4.44. The standard InChI is InChI=1S/C14H16N4O2/c1-10(11-7-5-4-6-8-11)15-16-12-9-13(19)18(3)14(20)17(12)2/h4-9,16H,1-3H3/b15-10-. The predicted octanol–water partition coefficient (Wildman–Crippen LogP) is 0.920. The molecule has 2 aromatic rings. The monoisotopic (exact) mass is 272 g/mol. The highest BCUT2D eigenvalue weighted by molar-refractivity contribution is 5.98. The van der Waals surface area contributed by atoms with Gasteiger partial charge in [-0.05, 0) is 12.5 Å². The number of benzene rings is 1. The second kappa shape index (κ2) is 5.56. The number of anilines is 1. The number of nitrogens with zero attached hydrogens (tertiary/aromatic N) is 3. The van der Waals surface area contributed by atoms with Gasteiger partial charge in [0.1, 0.15) is 5.82 Å². The van der Waals surface area contributed by atoms with Gasteiger partial charge in [-0.2, -0.15) is 5.10 Å². The zero-order valence-corrected chi connectivity index (χ0v) is 11.6. The lowest BCUT2D eigenvalue weighted by Crippen LogP contribution is -2.37. The van der Waals surface area contributed by atoms with Crippen molar-refractivity contribution in [3.8, 4) is 0 Å². The van der Waals surface area contributed by atoms with Crippen molar-refractivity contribution < 1.29 is 0 Å². The molecular formula is C14H16N4O2. The lowest BCUT2D eigenvalue weighted by Gasteiger charge is -2.09. The lowest BCUT2D eigenvalue weighted by molar-refractivity contribution is 0.690. The topological polar surface area (TPSA) is 68.4 Å². The van der Waals surface area contributed by atoms with E-state index in [-0.39, 0.29) is 5.56 Å². The van der Waals surface area contributed by atoms with E-state index >= 15 is 0 Å². The first-order chi connectivity index (χ1) is 9.50. The minimum absolute atomic E-state index is 0.355. The van der Waals surface area contributed by atoms with Crippen LogP contribution in [0.3, 0.4) is 0 Å². The number of hydrogen-bond donors (Lipinski definition) is 1. The van der Waals surface area contributed by atoms with Gasteiger partial charge < -0.3 is 0 Å². The van der Waals surface area contributed by atoms with E-state index in [1.807, 2.05) is 37.3 Å². The molecule has 0 aliphatic rings. The summed E-state index contributed by atoms with van der Waals surface area (Å²) in [5, 5.41) is 4.20. The Morgan fingerprint density at radius 2 is 1.75 bits per heavy atom. The van der Waals surface area contributed by atoms with Gasteiger partial charge in [0.15, 0.2) is 0 Å². The summed E-state index contributed by atoms with van der Waals surface area (Å²) in [5.41, 5.74) is 3.72. The van der Waals surface area contributed by atoms with E-state index in [2.05, 4.69) is 10.5 Å². The minimum Gasteiger partial charge on any atom is -0.281 e. The first-order valence-corrected chi connectivity index (χ1v) is 6.13. The van der Waals surface area contributed by atoms with Crippen molar-refractivity contribution in [3.63, 3.8) is 0 Å². The van der Waals surface area contributed by atoms with Gasteiger partial charge in [-0.1, -0.05) is 30.3 Å². The largest absolute Gasteiger partial charge is 0.332 e. The number of rotatable bonds is 3. The van der Waals surface area contributed by atoms with Gasteiger partial charge in [0.25, 0.3) is 5.56 Å². The van der Waals surface area contributed by atoms with Crippen LogP contribution in [0, 0.1) is 0 Å². The molecule has 6 nitrogen and oxygen atoms in total. The minimum atomic E-state index is -0.396. The molecule has 6 heteroatoms. The van der Waals surface area contributed by atoms with E-state index in [0.717, 1.165) is 15.8 Å². The van der Waals surface area contributed by atoms with Gasteiger partial charge in [-0.15, -0.1) is 0 Å². The summed E-state index contributed by atoms with van der Waals surface area (Å²) in [5.74, 6) is 0.355. The Hall–Kier alpha value is -2.63. The summed E-state index contributed by atoms with van der Waals surface area (Å²) in [6, 6.07) is 11.0. The first-order valence-electron chi connectivity index (χ1n) is 6.13. The maximum absolute atomic E-state index is 11.8. The van der Waals surface area contributed by atoms with Crippen LogP contribution in [0.4, 0.5) is 5.82 Å². The Morgan fingerprint density at radius 1 is 1.10 bits per heavy atom. The van der Waals surface area contributed by atoms with E-state index < -0.39 is 5.69 Å². The van der Waals surface area contributed by atoms with Crippen molar-refractivity contribution in [3.05, 3.63) is 62.8 Å². The van der Waals surface area contributed by atoms with Crippen molar-refractivity contribution in [2.45, 2.75) is 6.92 Å². The molecule has 104 valence electrons. The molecule has 0 saturated heterocycles. The Morgan fingerprint density at radius 3 is 2.40 bits per heavy atom. The SMILES string of the molecule is C/C(=N/Nc1cc(=O)n(C)c(=O)n1C)c1ccccc1. The van der Waals surface area contributed by atoms with Crippen LogP contribution < -0.4 is 16.7 Å². The Kier molecular flexibility index (Phi) is 3.84. The van der Waals surface area contributed by atoms with Crippen LogP contribution in [0.25, 0.3) is 0 Å². The van der Waals surface area contributed by atoms with Gasteiger partial charge in [0.05, 0.1) is 5.71 Å². The molecule has 1 aromatic heterocycles. The number of hydrazone groups is 1. The van der Waals surface area contributed by atoms with Gasteiger partial charge >= 0.3 is 5.69 Å². The Bertz CT molecular complexity index is 757. The molecule has 0 unspecified atom stereocenters. The van der Waals surface area contributed by atoms with Gasteiger partial charge in [0.2, 0.25) is 0 Å². The Labute approximate surface area is 116 Å². The molecule has 0 radical (unpaired) electrons. The highest BCUT2D eigenvalue weighted by atomic mass is 16.2. The quantitative estimate of drug-likeness (QED) is 0.667. The van der Waals surface area contributed by atoms with Crippen molar-refractivity contribution >= 4 is 11.5 Å². The van der Waals surface area contributed by atoms with Crippen molar-refractivity contribution in [2.75, 3.05) is 5.43 Å². The zero-order chi connectivity index (χ0) is 14.7. The fourth-order valence-corrected chi connectivity index (χ4v) is 1.73. The molecule has 0 amide bonds. The van der Waals surface area contributed by atoms with Gasteiger partial charge in [-0.25, -0.2) is 4.79 Å². The highest BCUT2D eigenvalue weighted by Gasteiger charge is 2.05. The van der Waals surface area contributed by atoms with Crippen LogP contribution in [-0.4, -0.2) is 14.8 Å². The molecule has 1 heterocycles.